The van der Waals surface area contributed by atoms with E-state index in [4.69, 9.17) is 4.52 Å². The molecule has 4 rings (SSSR count). The topological polar surface area (TPSA) is 51.0 Å². The number of halogens is 1. The van der Waals surface area contributed by atoms with Gasteiger partial charge in [-0.2, -0.15) is 4.98 Å². The van der Waals surface area contributed by atoms with Gasteiger partial charge in [0.25, 0.3) is 0 Å². The number of hydrogen-bond donors (Lipinski definition) is 1. The average molecular weight is 326 g/mol. The summed E-state index contributed by atoms with van der Waals surface area (Å²) in [7, 11) is 0. The Morgan fingerprint density at radius 2 is 2.10 bits per heavy atom. The lowest BCUT2D eigenvalue weighted by atomic mass is 9.90. The van der Waals surface area contributed by atoms with Crippen LogP contribution in [0.3, 0.4) is 0 Å². The molecule has 2 atom stereocenters. The van der Waals surface area contributed by atoms with Crippen LogP contribution >= 0.6 is 23.7 Å². The standard InChI is InChI=1S/C15H19N3OS.ClH/c1-2-13(20-5-1)9-14-17-15(19-18-14)8-10-6-11-3-4-12(7-10)16-11;/h1-2,5,10-12,16H,3-4,6-9H2;1H. The van der Waals surface area contributed by atoms with E-state index in [1.165, 1.54) is 30.6 Å². The highest BCUT2D eigenvalue weighted by Crippen LogP contribution is 2.32. The van der Waals surface area contributed by atoms with Crippen molar-refractivity contribution >= 4 is 23.7 Å². The minimum absolute atomic E-state index is 0. The molecule has 0 radical (unpaired) electrons. The molecular weight excluding hydrogens is 306 g/mol. The van der Waals surface area contributed by atoms with Crippen molar-refractivity contribution in [1.82, 2.24) is 15.5 Å². The van der Waals surface area contributed by atoms with Gasteiger partial charge in [0.1, 0.15) is 0 Å². The van der Waals surface area contributed by atoms with Crippen LogP contribution in [0.2, 0.25) is 0 Å². The minimum atomic E-state index is 0. The van der Waals surface area contributed by atoms with Gasteiger partial charge in [0.15, 0.2) is 5.82 Å². The van der Waals surface area contributed by atoms with Gasteiger partial charge in [-0.15, -0.1) is 23.7 Å². The van der Waals surface area contributed by atoms with Crippen LogP contribution in [-0.4, -0.2) is 22.2 Å². The Morgan fingerprint density at radius 1 is 1.29 bits per heavy atom. The fourth-order valence-electron chi connectivity index (χ4n) is 3.60. The van der Waals surface area contributed by atoms with Crippen LogP contribution in [0.1, 0.15) is 42.3 Å². The van der Waals surface area contributed by atoms with Crippen LogP contribution in [0.15, 0.2) is 22.0 Å². The minimum Gasteiger partial charge on any atom is -0.339 e. The fraction of sp³-hybridized carbons (Fsp3) is 0.600. The number of piperidine rings is 1. The average Bonchev–Trinajstić information content (AvgIpc) is 3.14. The van der Waals surface area contributed by atoms with Crippen LogP contribution in [0, 0.1) is 5.92 Å². The van der Waals surface area contributed by atoms with Gasteiger partial charge in [-0.05, 0) is 43.0 Å². The van der Waals surface area contributed by atoms with Crippen molar-refractivity contribution in [2.75, 3.05) is 0 Å². The van der Waals surface area contributed by atoms with E-state index in [1.807, 2.05) is 0 Å². The van der Waals surface area contributed by atoms with E-state index in [9.17, 15) is 0 Å². The molecule has 1 N–H and O–H groups in total. The molecule has 4 nitrogen and oxygen atoms in total. The summed E-state index contributed by atoms with van der Waals surface area (Å²) in [4.78, 5) is 5.85. The van der Waals surface area contributed by atoms with Gasteiger partial charge in [0.05, 0.1) is 0 Å². The third-order valence-electron chi connectivity index (χ3n) is 4.46. The zero-order valence-electron chi connectivity index (χ0n) is 11.8. The molecule has 2 bridgehead atoms. The predicted octanol–water partition coefficient (Wildman–Crippen LogP) is 3.22. The lowest BCUT2D eigenvalue weighted by Gasteiger charge is -2.27. The van der Waals surface area contributed by atoms with Gasteiger partial charge in [0.2, 0.25) is 5.89 Å². The zero-order chi connectivity index (χ0) is 13.4. The van der Waals surface area contributed by atoms with Gasteiger partial charge >= 0.3 is 0 Å². The molecule has 2 saturated heterocycles. The maximum atomic E-state index is 5.43. The molecule has 21 heavy (non-hydrogen) atoms. The normalized spacial score (nSPS) is 27.5. The Balaban J connectivity index is 0.00000132. The van der Waals surface area contributed by atoms with Crippen molar-refractivity contribution in [3.63, 3.8) is 0 Å². The molecule has 2 aliphatic heterocycles. The SMILES string of the molecule is Cl.c1csc(Cc2noc(CC3CC4CCC(C3)N4)n2)c1. The Kier molecular flexibility index (Phi) is 4.62. The van der Waals surface area contributed by atoms with Gasteiger partial charge in [0, 0.05) is 29.8 Å². The number of hydrogen-bond acceptors (Lipinski definition) is 5. The van der Waals surface area contributed by atoms with Crippen molar-refractivity contribution < 1.29 is 4.52 Å². The maximum Gasteiger partial charge on any atom is 0.226 e. The number of fused-ring (bicyclic) bond motifs is 2. The van der Waals surface area contributed by atoms with Crippen LogP contribution < -0.4 is 5.32 Å². The van der Waals surface area contributed by atoms with Gasteiger partial charge in [-0.25, -0.2) is 0 Å². The molecular formula is C15H20ClN3OS. The van der Waals surface area contributed by atoms with Crippen molar-refractivity contribution in [2.45, 2.75) is 50.6 Å². The highest BCUT2D eigenvalue weighted by atomic mass is 35.5. The molecule has 6 heteroatoms. The summed E-state index contributed by atoms with van der Waals surface area (Å²) in [5.41, 5.74) is 0. The molecule has 2 aromatic rings. The molecule has 2 aliphatic rings. The molecule has 0 saturated carbocycles. The monoisotopic (exact) mass is 325 g/mol. The molecule has 2 fully saturated rings. The summed E-state index contributed by atoms with van der Waals surface area (Å²) in [5, 5.41) is 9.88. The van der Waals surface area contributed by atoms with Crippen LogP contribution in [0.25, 0.3) is 0 Å². The number of nitrogens with one attached hydrogen (secondary N) is 1. The van der Waals surface area contributed by atoms with Crippen molar-refractivity contribution in [3.8, 4) is 0 Å². The highest BCUT2D eigenvalue weighted by molar-refractivity contribution is 7.09. The predicted molar refractivity (Wildman–Crippen MR) is 85.0 cm³/mol. The second-order valence-electron chi connectivity index (χ2n) is 6.04. The molecule has 114 valence electrons. The summed E-state index contributed by atoms with van der Waals surface area (Å²) in [6.45, 7) is 0. The van der Waals surface area contributed by atoms with E-state index >= 15 is 0 Å². The molecule has 2 aromatic heterocycles. The molecule has 0 spiro atoms. The Morgan fingerprint density at radius 3 is 2.81 bits per heavy atom. The molecule has 0 aromatic carbocycles. The van der Waals surface area contributed by atoms with E-state index < -0.39 is 0 Å². The Labute approximate surface area is 134 Å². The Bertz CT molecular complexity index is 559. The van der Waals surface area contributed by atoms with Crippen molar-refractivity contribution in [2.24, 2.45) is 5.92 Å². The third kappa shape index (κ3) is 3.47. The van der Waals surface area contributed by atoms with Crippen LogP contribution in [0.4, 0.5) is 0 Å². The lowest BCUT2D eigenvalue weighted by Crippen LogP contribution is -2.38. The molecule has 0 aliphatic carbocycles. The van der Waals surface area contributed by atoms with Gasteiger partial charge in [-0.3, -0.25) is 0 Å². The lowest BCUT2D eigenvalue weighted by molar-refractivity contribution is 0.270. The first-order valence-corrected chi connectivity index (χ1v) is 8.33. The van der Waals surface area contributed by atoms with E-state index in [0.717, 1.165) is 36.6 Å². The summed E-state index contributed by atoms with van der Waals surface area (Å²) in [5.74, 6) is 2.35. The second kappa shape index (κ2) is 6.46. The summed E-state index contributed by atoms with van der Waals surface area (Å²) in [6, 6.07) is 5.64. The fourth-order valence-corrected chi connectivity index (χ4v) is 4.30. The van der Waals surface area contributed by atoms with Crippen molar-refractivity contribution in [1.29, 1.82) is 0 Å². The van der Waals surface area contributed by atoms with Crippen molar-refractivity contribution in [3.05, 3.63) is 34.1 Å². The number of nitrogens with zero attached hydrogens (tertiary/aromatic N) is 2. The van der Waals surface area contributed by atoms with Crippen LogP contribution in [-0.2, 0) is 12.8 Å². The summed E-state index contributed by atoms with van der Waals surface area (Å²) < 4.78 is 5.43. The van der Waals surface area contributed by atoms with E-state index in [-0.39, 0.29) is 12.4 Å². The van der Waals surface area contributed by atoms with E-state index in [0.29, 0.717) is 5.92 Å². The third-order valence-corrected chi connectivity index (χ3v) is 5.33. The van der Waals surface area contributed by atoms with E-state index in [1.54, 1.807) is 11.3 Å². The smallest absolute Gasteiger partial charge is 0.226 e. The number of thiophene rings is 1. The van der Waals surface area contributed by atoms with E-state index in [2.05, 4.69) is 33.0 Å². The first-order chi connectivity index (χ1) is 9.85. The quantitative estimate of drug-likeness (QED) is 0.937. The molecule has 2 unspecified atom stereocenters. The second-order valence-corrected chi connectivity index (χ2v) is 7.07. The molecule has 0 amide bonds. The first kappa shape index (κ1) is 15.0. The first-order valence-electron chi connectivity index (χ1n) is 7.45. The zero-order valence-corrected chi connectivity index (χ0v) is 13.5. The summed E-state index contributed by atoms with van der Waals surface area (Å²) in [6.07, 6.45) is 6.95. The van der Waals surface area contributed by atoms with Gasteiger partial charge in [-0.1, -0.05) is 11.2 Å². The van der Waals surface area contributed by atoms with Gasteiger partial charge < -0.3 is 9.84 Å². The summed E-state index contributed by atoms with van der Waals surface area (Å²) >= 11 is 1.74. The number of aromatic nitrogens is 2. The maximum absolute atomic E-state index is 5.43. The molecule has 4 heterocycles. The van der Waals surface area contributed by atoms with Crippen LogP contribution in [0.5, 0.6) is 0 Å². The Hall–Kier alpha value is -0.910. The highest BCUT2D eigenvalue weighted by Gasteiger charge is 2.34. The largest absolute Gasteiger partial charge is 0.339 e. The number of rotatable bonds is 4.